The molecule has 0 saturated carbocycles. The summed E-state index contributed by atoms with van der Waals surface area (Å²) in [5.74, 6) is 0. The highest BCUT2D eigenvalue weighted by Crippen LogP contribution is 2.27. The van der Waals surface area contributed by atoms with Crippen LogP contribution in [0.4, 0.5) is 0 Å². The maximum atomic E-state index is 4.14. The maximum absolute atomic E-state index is 4.14. The Balaban J connectivity index is 3.33. The van der Waals surface area contributed by atoms with Crippen LogP contribution in [0, 0.1) is 0 Å². The third-order valence-corrected chi connectivity index (χ3v) is 27.7. The Hall–Kier alpha value is -0.126. The van der Waals surface area contributed by atoms with Gasteiger partial charge in [-0.2, -0.15) is 0 Å². The molecular weight excluding hydrogens is 292 g/mol. The third kappa shape index (κ3) is 2.96. The zero-order valence-electron chi connectivity index (χ0n) is 10.8. The van der Waals surface area contributed by atoms with E-state index >= 15 is 0 Å². The van der Waals surface area contributed by atoms with Gasteiger partial charge in [0.25, 0.3) is 0 Å². The van der Waals surface area contributed by atoms with Crippen molar-refractivity contribution in [2.24, 2.45) is 0 Å². The average Bonchev–Trinajstić information content (AvgIpc) is 2.16. The average molecular weight is 313 g/mol. The molecule has 16 heavy (non-hydrogen) atoms. The Kier molecular flexibility index (Phi) is 4.38. The molecule has 0 aromatic heterocycles. The lowest BCUT2D eigenvalue weighted by Gasteiger charge is -2.34. The summed E-state index contributed by atoms with van der Waals surface area (Å²) in [7, 11) is -1.24. The van der Waals surface area contributed by atoms with Gasteiger partial charge in [0.1, 0.15) is 0 Å². The highest BCUT2D eigenvalue weighted by Gasteiger charge is 2.43. The first-order valence-corrected chi connectivity index (χ1v) is 14.5. The third-order valence-electron chi connectivity index (χ3n) is 2.77. The molecule has 0 bridgehead atoms. The van der Waals surface area contributed by atoms with Gasteiger partial charge in [-0.25, -0.2) is 0 Å². The van der Waals surface area contributed by atoms with Gasteiger partial charge in [-0.3, -0.25) is 0 Å². The lowest BCUT2D eigenvalue weighted by molar-refractivity contribution is 1.41. The summed E-state index contributed by atoms with van der Waals surface area (Å²) < 4.78 is 0. The highest BCUT2D eigenvalue weighted by molar-refractivity contribution is 9.28. The fourth-order valence-corrected chi connectivity index (χ4v) is 12.2. The molecule has 1 aromatic carbocycles. The Morgan fingerprint density at radius 1 is 1.06 bits per heavy atom. The molecule has 0 amide bonds. The van der Waals surface area contributed by atoms with Crippen LogP contribution in [0.2, 0.25) is 19.6 Å². The first kappa shape index (κ1) is 13.9. The Bertz CT molecular complexity index is 375. The molecule has 1 unspecified atom stereocenters. The van der Waals surface area contributed by atoms with Crippen molar-refractivity contribution in [2.75, 3.05) is 0 Å². The monoisotopic (exact) mass is 312 g/mol. The van der Waals surface area contributed by atoms with Crippen LogP contribution in [-0.2, 0) is 0 Å². The van der Waals surface area contributed by atoms with E-state index in [1.165, 1.54) is 10.8 Å². The summed E-state index contributed by atoms with van der Waals surface area (Å²) in [5.41, 5.74) is 3.93. The van der Waals surface area contributed by atoms with E-state index < -0.39 is 13.8 Å². The molecule has 0 fully saturated rings. The molecule has 0 N–H and O–H groups in total. The largest absolute Gasteiger partial charge is 0.172 e. The number of benzene rings is 1. The van der Waals surface area contributed by atoms with E-state index in [1.807, 2.05) is 0 Å². The highest BCUT2D eigenvalue weighted by atomic mass is 79.9. The lowest BCUT2D eigenvalue weighted by atomic mass is 10.4. The Morgan fingerprint density at radius 2 is 1.56 bits per heavy atom. The van der Waals surface area contributed by atoms with Gasteiger partial charge in [0.2, 0.25) is 0 Å². The van der Waals surface area contributed by atoms with Crippen LogP contribution in [0.3, 0.4) is 0 Å². The summed E-state index contributed by atoms with van der Waals surface area (Å²) in [6.45, 7) is 11.8. The minimum Gasteiger partial charge on any atom is -0.118 e. The van der Waals surface area contributed by atoms with Crippen molar-refractivity contribution in [3.8, 4) is 0 Å². The van der Waals surface area contributed by atoms with E-state index in [4.69, 9.17) is 0 Å². The van der Waals surface area contributed by atoms with Gasteiger partial charge < -0.3 is 0 Å². The van der Waals surface area contributed by atoms with Gasteiger partial charge in [-0.1, -0.05) is 61.2 Å². The van der Waals surface area contributed by atoms with Crippen LogP contribution in [0.25, 0.3) is 0 Å². The number of allylic oxidation sites excluding steroid dienone is 1. The van der Waals surface area contributed by atoms with Gasteiger partial charge in [-0.05, 0) is 19.0 Å². The molecule has 0 nitrogen and oxygen atoms in total. The van der Waals surface area contributed by atoms with Crippen LogP contribution in [0.1, 0.15) is 13.8 Å². The zero-order valence-corrected chi connectivity index (χ0v) is 14.4. The molecule has 1 atom stereocenters. The first-order chi connectivity index (χ1) is 7.27. The SMILES string of the molecule is CC(C)=C[Si](Br)(c1ccccc1)[Si](C)(C)C. The molecule has 0 aliphatic carbocycles. The second kappa shape index (κ2) is 5.02. The predicted octanol–water partition coefficient (Wildman–Crippen LogP) is 4.16. The second-order valence-corrected chi connectivity index (χ2v) is 25.2. The molecule has 88 valence electrons. The summed E-state index contributed by atoms with van der Waals surface area (Å²) in [6.07, 6.45) is -1.60. The van der Waals surface area contributed by atoms with Crippen LogP contribution < -0.4 is 5.19 Å². The van der Waals surface area contributed by atoms with Gasteiger partial charge in [0.05, 0.1) is 7.59 Å². The summed E-state index contributed by atoms with van der Waals surface area (Å²) in [6, 6.07) is 10.9. The van der Waals surface area contributed by atoms with Crippen molar-refractivity contribution in [1.82, 2.24) is 0 Å². The molecule has 0 heterocycles. The first-order valence-electron chi connectivity index (χ1n) is 5.68. The summed E-state index contributed by atoms with van der Waals surface area (Å²) in [5, 5.41) is 1.51. The van der Waals surface area contributed by atoms with Gasteiger partial charge in [0, 0.05) is 0 Å². The molecule has 1 rings (SSSR count). The van der Waals surface area contributed by atoms with Crippen molar-refractivity contribution < 1.29 is 0 Å². The number of hydrogen-bond donors (Lipinski definition) is 0. The molecule has 0 radical (unpaired) electrons. The van der Waals surface area contributed by atoms with E-state index in [-0.39, 0.29) is 0 Å². The van der Waals surface area contributed by atoms with Crippen molar-refractivity contribution in [2.45, 2.75) is 33.5 Å². The number of hydrogen-bond acceptors (Lipinski definition) is 0. The van der Waals surface area contributed by atoms with Crippen LogP contribution in [0.5, 0.6) is 0 Å². The van der Waals surface area contributed by atoms with Crippen molar-refractivity contribution in [3.05, 3.63) is 41.6 Å². The predicted molar refractivity (Wildman–Crippen MR) is 83.5 cm³/mol. The topological polar surface area (TPSA) is 0 Å². The van der Waals surface area contributed by atoms with Crippen molar-refractivity contribution in [1.29, 1.82) is 0 Å². The van der Waals surface area contributed by atoms with Crippen molar-refractivity contribution >= 4 is 34.3 Å². The summed E-state index contributed by atoms with van der Waals surface area (Å²) in [4.78, 5) is 0. The van der Waals surface area contributed by atoms with Gasteiger partial charge in [-0.15, -0.1) is 15.3 Å². The van der Waals surface area contributed by atoms with Gasteiger partial charge in [0.15, 0.2) is 6.21 Å². The quantitative estimate of drug-likeness (QED) is 0.581. The van der Waals surface area contributed by atoms with Crippen LogP contribution in [-0.4, -0.2) is 13.8 Å². The fraction of sp³-hybridized carbons (Fsp3) is 0.385. The molecule has 0 aliphatic heterocycles. The van der Waals surface area contributed by atoms with E-state index in [2.05, 4.69) is 84.8 Å². The fourth-order valence-electron chi connectivity index (χ4n) is 1.81. The minimum absolute atomic E-state index is 1.24. The molecule has 0 saturated heterocycles. The Morgan fingerprint density at radius 3 is 1.94 bits per heavy atom. The Labute approximate surface area is 109 Å². The van der Waals surface area contributed by atoms with E-state index in [1.54, 1.807) is 0 Å². The normalized spacial score (nSPS) is 15.4. The molecular formula is C13H21BrSi2. The molecule has 0 spiro atoms. The molecule has 1 aromatic rings. The molecule has 0 aliphatic rings. The van der Waals surface area contributed by atoms with Crippen LogP contribution >= 0.6 is 15.3 Å². The molecule has 3 heteroatoms. The van der Waals surface area contributed by atoms with Gasteiger partial charge >= 0.3 is 0 Å². The smallest absolute Gasteiger partial charge is 0.118 e. The zero-order chi connectivity index (χ0) is 12.4. The lowest BCUT2D eigenvalue weighted by Crippen LogP contribution is -2.60. The van der Waals surface area contributed by atoms with E-state index in [0.29, 0.717) is 0 Å². The number of halogens is 1. The van der Waals surface area contributed by atoms with Crippen molar-refractivity contribution in [3.63, 3.8) is 0 Å². The maximum Gasteiger partial charge on any atom is 0.172 e. The minimum atomic E-state index is -1.60. The van der Waals surface area contributed by atoms with Crippen LogP contribution in [0.15, 0.2) is 41.6 Å². The van der Waals surface area contributed by atoms with E-state index in [9.17, 15) is 0 Å². The standard InChI is InChI=1S/C13H21BrSi2/c1-12(2)11-16(14,15(3,4)5)13-9-7-6-8-10-13/h6-11H,1-5H3. The van der Waals surface area contributed by atoms with E-state index in [0.717, 1.165) is 0 Å². The summed E-state index contributed by atoms with van der Waals surface area (Å²) >= 11 is 4.14. The second-order valence-electron chi connectivity index (χ2n) is 5.55. The number of rotatable bonds is 3.